The third kappa shape index (κ3) is 5.61. The Bertz CT molecular complexity index is 3020. The summed E-state index contributed by atoms with van der Waals surface area (Å²) in [6.07, 6.45) is -0.223. The lowest BCUT2D eigenvalue weighted by atomic mass is 10.00. The molecule has 10 aromatic rings. The number of benzene rings is 8. The van der Waals surface area contributed by atoms with Gasteiger partial charge >= 0.3 is 0 Å². The van der Waals surface area contributed by atoms with Gasteiger partial charge in [-0.15, -0.1) is 0 Å². The van der Waals surface area contributed by atoms with Gasteiger partial charge in [-0.05, 0) is 75.8 Å². The maximum absolute atomic E-state index is 6.44. The van der Waals surface area contributed by atoms with Crippen molar-refractivity contribution in [3.63, 3.8) is 0 Å². The van der Waals surface area contributed by atoms with Crippen LogP contribution in [-0.2, 0) is 0 Å². The molecule has 0 aliphatic carbocycles. The molecule has 3 heterocycles. The van der Waals surface area contributed by atoms with Crippen LogP contribution in [0.5, 0.6) is 0 Å². The highest BCUT2D eigenvalue weighted by atomic mass is 16.3. The van der Waals surface area contributed by atoms with Crippen LogP contribution in [0.15, 0.2) is 199 Å². The summed E-state index contributed by atoms with van der Waals surface area (Å²) in [6, 6.07) is 69.3. The Morgan fingerprint density at radius 1 is 0.375 bits per heavy atom. The predicted molar refractivity (Wildman–Crippen MR) is 229 cm³/mol. The maximum Gasteiger partial charge on any atom is 0.143 e. The molecule has 0 saturated carbocycles. The largest absolute Gasteiger partial charge is 0.455 e. The van der Waals surface area contributed by atoms with E-state index in [0.717, 1.165) is 38.8 Å². The molecule has 5 heteroatoms. The van der Waals surface area contributed by atoms with Crippen LogP contribution in [-0.4, -0.2) is 4.57 Å². The zero-order valence-corrected chi connectivity index (χ0v) is 30.6. The summed E-state index contributed by atoms with van der Waals surface area (Å²) < 4.78 is 8.82. The van der Waals surface area contributed by atoms with Crippen molar-refractivity contribution >= 4 is 43.7 Å². The smallest absolute Gasteiger partial charge is 0.143 e. The van der Waals surface area contributed by atoms with Gasteiger partial charge in [0, 0.05) is 32.8 Å². The normalized spacial score (nSPS) is 17.2. The van der Waals surface area contributed by atoms with Crippen LogP contribution >= 0.6 is 0 Å². The SMILES string of the molecule is c1ccc(-c2cccc(C3NC(c4ccccc4)NC(c4ccc(-n5c6ccccc6c6cc(-c7cccc8c7oc7ccccc78)ccc65)cc4)N3)c2)cc1. The van der Waals surface area contributed by atoms with Crippen molar-refractivity contribution in [3.8, 4) is 27.9 Å². The number of furan rings is 1. The first kappa shape index (κ1) is 32.7. The zero-order valence-electron chi connectivity index (χ0n) is 30.6. The van der Waals surface area contributed by atoms with Crippen molar-refractivity contribution in [1.82, 2.24) is 20.5 Å². The molecule has 1 fully saturated rings. The Morgan fingerprint density at radius 3 is 1.77 bits per heavy atom. The van der Waals surface area contributed by atoms with Gasteiger partial charge in [0.2, 0.25) is 0 Å². The Balaban J connectivity index is 0.957. The summed E-state index contributed by atoms with van der Waals surface area (Å²) >= 11 is 0. The van der Waals surface area contributed by atoms with Crippen molar-refractivity contribution in [2.24, 2.45) is 0 Å². The molecule has 3 atom stereocenters. The van der Waals surface area contributed by atoms with E-state index in [1.54, 1.807) is 0 Å². The van der Waals surface area contributed by atoms with Gasteiger partial charge in [0.15, 0.2) is 0 Å². The number of para-hydroxylation sites is 3. The summed E-state index contributed by atoms with van der Waals surface area (Å²) in [5, 5.41) is 16.3. The number of hydrogen-bond acceptors (Lipinski definition) is 4. The third-order valence-electron chi connectivity index (χ3n) is 11.3. The van der Waals surface area contributed by atoms with Gasteiger partial charge in [0.1, 0.15) is 11.2 Å². The van der Waals surface area contributed by atoms with Crippen molar-refractivity contribution < 1.29 is 4.42 Å². The molecule has 3 unspecified atom stereocenters. The van der Waals surface area contributed by atoms with Crippen LogP contribution in [0.4, 0.5) is 0 Å². The van der Waals surface area contributed by atoms with E-state index >= 15 is 0 Å². The minimum atomic E-state index is -0.0949. The minimum Gasteiger partial charge on any atom is -0.455 e. The molecule has 56 heavy (non-hydrogen) atoms. The summed E-state index contributed by atoms with van der Waals surface area (Å²) in [5.74, 6) is 0. The molecule has 8 aromatic carbocycles. The highest BCUT2D eigenvalue weighted by molar-refractivity contribution is 6.13. The van der Waals surface area contributed by atoms with E-state index in [1.165, 1.54) is 49.6 Å². The summed E-state index contributed by atoms with van der Waals surface area (Å²) in [6.45, 7) is 0. The quantitative estimate of drug-likeness (QED) is 0.160. The Hall–Kier alpha value is -6.76. The molecule has 268 valence electrons. The molecule has 3 N–H and O–H groups in total. The molecular formula is C51H38N4O. The molecule has 0 spiro atoms. The number of hydrogen-bond donors (Lipinski definition) is 3. The first-order valence-corrected chi connectivity index (χ1v) is 19.3. The molecule has 0 bridgehead atoms. The molecule has 0 amide bonds. The van der Waals surface area contributed by atoms with E-state index in [0.29, 0.717) is 0 Å². The topological polar surface area (TPSA) is 54.2 Å². The van der Waals surface area contributed by atoms with E-state index in [9.17, 15) is 0 Å². The lowest BCUT2D eigenvalue weighted by Gasteiger charge is -2.39. The lowest BCUT2D eigenvalue weighted by Crippen LogP contribution is -2.54. The fraction of sp³-hybridized carbons (Fsp3) is 0.0588. The van der Waals surface area contributed by atoms with E-state index in [2.05, 4.69) is 203 Å². The van der Waals surface area contributed by atoms with Crippen LogP contribution < -0.4 is 16.0 Å². The number of aromatic nitrogens is 1. The van der Waals surface area contributed by atoms with Crippen LogP contribution in [0.2, 0.25) is 0 Å². The Labute approximate surface area is 324 Å². The van der Waals surface area contributed by atoms with Crippen molar-refractivity contribution in [3.05, 3.63) is 211 Å². The molecule has 5 nitrogen and oxygen atoms in total. The molecule has 0 radical (unpaired) electrons. The van der Waals surface area contributed by atoms with Crippen molar-refractivity contribution in [1.29, 1.82) is 0 Å². The van der Waals surface area contributed by atoms with Gasteiger partial charge in [-0.25, -0.2) is 0 Å². The van der Waals surface area contributed by atoms with Gasteiger partial charge in [0.25, 0.3) is 0 Å². The van der Waals surface area contributed by atoms with E-state index in [1.807, 2.05) is 12.1 Å². The first-order chi connectivity index (χ1) is 27.7. The van der Waals surface area contributed by atoms with Crippen LogP contribution in [0.25, 0.3) is 71.7 Å². The fourth-order valence-electron chi connectivity index (χ4n) is 8.60. The molecule has 1 saturated heterocycles. The van der Waals surface area contributed by atoms with Crippen molar-refractivity contribution in [2.75, 3.05) is 0 Å². The first-order valence-electron chi connectivity index (χ1n) is 19.3. The average molecular weight is 723 g/mol. The average Bonchev–Trinajstić information content (AvgIpc) is 3.83. The van der Waals surface area contributed by atoms with Gasteiger partial charge in [-0.1, -0.05) is 152 Å². The molecule has 1 aliphatic heterocycles. The maximum atomic E-state index is 6.44. The second-order valence-electron chi connectivity index (χ2n) is 14.7. The number of nitrogens with zero attached hydrogens (tertiary/aromatic N) is 1. The van der Waals surface area contributed by atoms with E-state index in [4.69, 9.17) is 4.42 Å². The van der Waals surface area contributed by atoms with Gasteiger partial charge in [-0.2, -0.15) is 0 Å². The second kappa shape index (κ2) is 13.5. The van der Waals surface area contributed by atoms with Crippen molar-refractivity contribution in [2.45, 2.75) is 18.5 Å². The third-order valence-corrected chi connectivity index (χ3v) is 11.3. The zero-order chi connectivity index (χ0) is 37.0. The Kier molecular flexibility index (Phi) is 7.88. The van der Waals surface area contributed by atoms with Gasteiger partial charge in [-0.3, -0.25) is 16.0 Å². The summed E-state index contributed by atoms with van der Waals surface area (Å²) in [4.78, 5) is 0. The Morgan fingerprint density at radius 2 is 0.964 bits per heavy atom. The number of rotatable bonds is 6. The molecule has 11 rings (SSSR count). The van der Waals surface area contributed by atoms with Crippen LogP contribution in [0.1, 0.15) is 35.2 Å². The summed E-state index contributed by atoms with van der Waals surface area (Å²) in [5.41, 5.74) is 13.5. The minimum absolute atomic E-state index is 0.0514. The van der Waals surface area contributed by atoms with E-state index in [-0.39, 0.29) is 18.5 Å². The van der Waals surface area contributed by atoms with Crippen LogP contribution in [0.3, 0.4) is 0 Å². The highest BCUT2D eigenvalue weighted by Crippen LogP contribution is 2.39. The van der Waals surface area contributed by atoms with Gasteiger partial charge < -0.3 is 8.98 Å². The highest BCUT2D eigenvalue weighted by Gasteiger charge is 2.30. The predicted octanol–water partition coefficient (Wildman–Crippen LogP) is 12.2. The number of nitrogens with one attached hydrogen (secondary N) is 3. The molecular weight excluding hydrogens is 685 g/mol. The number of fused-ring (bicyclic) bond motifs is 6. The lowest BCUT2D eigenvalue weighted by molar-refractivity contribution is 0.203. The summed E-state index contributed by atoms with van der Waals surface area (Å²) in [7, 11) is 0. The second-order valence-corrected chi connectivity index (χ2v) is 14.7. The van der Waals surface area contributed by atoms with Gasteiger partial charge in [0.05, 0.1) is 29.5 Å². The van der Waals surface area contributed by atoms with E-state index < -0.39 is 0 Å². The monoisotopic (exact) mass is 722 g/mol. The van der Waals surface area contributed by atoms with Crippen LogP contribution in [0, 0.1) is 0 Å². The molecule has 2 aromatic heterocycles. The fourth-order valence-corrected chi connectivity index (χ4v) is 8.60. The standard InChI is InChI=1S/C51H38N4O/c1-3-13-33(14-4-1)36-17-11-18-38(31-36)51-53-49(34-15-5-2-6-16-34)52-50(54-51)35-25-28-39(29-26-35)55-45-23-9-7-19-41(45)44-32-37(27-30-46(44)55)40-21-12-22-43-42-20-8-10-24-47(42)56-48(40)43/h1-32,49-54H. The molecule has 1 aliphatic rings.